The van der Waals surface area contributed by atoms with E-state index in [0.717, 1.165) is 25.7 Å². The van der Waals surface area contributed by atoms with E-state index >= 15 is 0 Å². The van der Waals surface area contributed by atoms with Crippen LogP contribution >= 0.6 is 0 Å². The quantitative estimate of drug-likeness (QED) is 0.553. The van der Waals surface area contributed by atoms with Gasteiger partial charge in [-0.3, -0.25) is 15.6 Å². The van der Waals surface area contributed by atoms with Gasteiger partial charge in [-0.2, -0.15) is 0 Å². The zero-order chi connectivity index (χ0) is 13.8. The molecule has 104 valence electrons. The van der Waals surface area contributed by atoms with Gasteiger partial charge >= 0.3 is 0 Å². The van der Waals surface area contributed by atoms with Gasteiger partial charge in [0.15, 0.2) is 0 Å². The van der Waals surface area contributed by atoms with Crippen molar-refractivity contribution in [3.8, 4) is 0 Å². The number of aromatic nitrogens is 1. The van der Waals surface area contributed by atoms with Gasteiger partial charge < -0.3 is 15.4 Å². The lowest BCUT2D eigenvalue weighted by Crippen LogP contribution is -2.46. The molecule has 1 aromatic rings. The summed E-state index contributed by atoms with van der Waals surface area (Å²) in [5, 5.41) is 9.99. The molecule has 19 heavy (non-hydrogen) atoms. The molecule has 6 heteroatoms. The number of nitrogens with one attached hydrogen (secondary N) is 1. The molecule has 2 rings (SSSR count). The summed E-state index contributed by atoms with van der Waals surface area (Å²) in [6.45, 7) is 0. The predicted octanol–water partition coefficient (Wildman–Crippen LogP) is 0.743. The minimum atomic E-state index is -0.446. The molecule has 0 spiro atoms. The Balaban J connectivity index is 2.13. The Hall–Kier alpha value is -1.66. The van der Waals surface area contributed by atoms with Gasteiger partial charge in [-0.05, 0) is 25.0 Å². The highest BCUT2D eigenvalue weighted by atomic mass is 16.3. The van der Waals surface area contributed by atoms with E-state index in [1.807, 2.05) is 0 Å². The van der Waals surface area contributed by atoms with Crippen LogP contribution in [0.4, 0.5) is 5.69 Å². The summed E-state index contributed by atoms with van der Waals surface area (Å²) in [5.41, 5.74) is 3.45. The van der Waals surface area contributed by atoms with E-state index in [1.165, 1.54) is 6.20 Å². The number of carbonyl (C=O) groups is 1. The van der Waals surface area contributed by atoms with Crippen molar-refractivity contribution in [1.29, 1.82) is 0 Å². The molecule has 6 nitrogen and oxygen atoms in total. The molecule has 0 radical (unpaired) electrons. The van der Waals surface area contributed by atoms with E-state index in [9.17, 15) is 9.90 Å². The molecule has 1 saturated carbocycles. The minimum absolute atomic E-state index is 0.127. The maximum atomic E-state index is 12.3. The number of aliphatic hydroxyl groups is 1. The predicted molar refractivity (Wildman–Crippen MR) is 72.4 cm³/mol. The van der Waals surface area contributed by atoms with Gasteiger partial charge in [-0.1, -0.05) is 12.8 Å². The van der Waals surface area contributed by atoms with Crippen molar-refractivity contribution in [2.45, 2.75) is 37.8 Å². The summed E-state index contributed by atoms with van der Waals surface area (Å²) < 4.78 is 0. The summed E-state index contributed by atoms with van der Waals surface area (Å²) in [7, 11) is 1.71. The molecule has 1 heterocycles. The molecule has 1 aliphatic carbocycles. The molecule has 1 aromatic heterocycles. The number of hydrogen-bond acceptors (Lipinski definition) is 5. The molecule has 1 amide bonds. The molecule has 4 N–H and O–H groups in total. The number of nitrogens with two attached hydrogens (primary N) is 1. The van der Waals surface area contributed by atoms with Crippen molar-refractivity contribution in [3.63, 3.8) is 0 Å². The van der Waals surface area contributed by atoms with Crippen LogP contribution in [-0.2, 0) is 0 Å². The van der Waals surface area contributed by atoms with Crippen molar-refractivity contribution < 1.29 is 9.90 Å². The third kappa shape index (κ3) is 3.02. The molecule has 0 aliphatic heterocycles. The van der Waals surface area contributed by atoms with Crippen molar-refractivity contribution in [1.82, 2.24) is 9.88 Å². The summed E-state index contributed by atoms with van der Waals surface area (Å²) >= 11 is 0. The van der Waals surface area contributed by atoms with E-state index in [1.54, 1.807) is 24.1 Å². The first kappa shape index (κ1) is 13.8. The fraction of sp³-hybridized carbons (Fsp3) is 0.538. The molecule has 1 fully saturated rings. The van der Waals surface area contributed by atoms with Crippen LogP contribution in [0.25, 0.3) is 0 Å². The Bertz CT molecular complexity index is 452. The van der Waals surface area contributed by atoms with Crippen LogP contribution in [0.1, 0.15) is 36.2 Å². The second kappa shape index (κ2) is 5.99. The maximum Gasteiger partial charge on any atom is 0.272 e. The Kier molecular flexibility index (Phi) is 4.34. The van der Waals surface area contributed by atoms with Gasteiger partial charge in [-0.15, -0.1) is 0 Å². The van der Waals surface area contributed by atoms with Gasteiger partial charge in [0.25, 0.3) is 5.91 Å². The van der Waals surface area contributed by atoms with Crippen molar-refractivity contribution in [2.75, 3.05) is 12.5 Å². The fourth-order valence-corrected chi connectivity index (χ4v) is 2.51. The number of aliphatic hydroxyl groups excluding tert-OH is 1. The number of anilines is 1. The SMILES string of the molecule is CN(C(=O)c1cc(NN)ccn1)C1CCCCC1O. The van der Waals surface area contributed by atoms with Crippen LogP contribution in [0.5, 0.6) is 0 Å². The zero-order valence-corrected chi connectivity index (χ0v) is 11.0. The Morgan fingerprint density at radius 1 is 1.53 bits per heavy atom. The number of carbonyl (C=O) groups excluding carboxylic acids is 1. The molecule has 0 bridgehead atoms. The first-order chi connectivity index (χ1) is 9.13. The number of nitrogen functional groups attached to an aromatic ring is 1. The van der Waals surface area contributed by atoms with Gasteiger partial charge in [0.05, 0.1) is 17.8 Å². The van der Waals surface area contributed by atoms with E-state index in [-0.39, 0.29) is 11.9 Å². The smallest absolute Gasteiger partial charge is 0.272 e. The van der Waals surface area contributed by atoms with E-state index in [0.29, 0.717) is 11.4 Å². The maximum absolute atomic E-state index is 12.3. The average molecular weight is 264 g/mol. The van der Waals surface area contributed by atoms with Gasteiger partial charge in [-0.25, -0.2) is 0 Å². The summed E-state index contributed by atoms with van der Waals surface area (Å²) in [5.74, 6) is 5.13. The Morgan fingerprint density at radius 2 is 2.26 bits per heavy atom. The molecule has 2 atom stereocenters. The lowest BCUT2D eigenvalue weighted by atomic mass is 9.91. The van der Waals surface area contributed by atoms with Crippen molar-refractivity contribution >= 4 is 11.6 Å². The van der Waals surface area contributed by atoms with Gasteiger partial charge in [0, 0.05) is 13.2 Å². The number of nitrogens with zero attached hydrogens (tertiary/aromatic N) is 2. The highest BCUT2D eigenvalue weighted by Crippen LogP contribution is 2.23. The molecule has 1 aliphatic rings. The van der Waals surface area contributed by atoms with Crippen molar-refractivity contribution in [2.24, 2.45) is 5.84 Å². The first-order valence-corrected chi connectivity index (χ1v) is 6.51. The van der Waals surface area contributed by atoms with Crippen LogP contribution in [0.2, 0.25) is 0 Å². The number of likely N-dealkylation sites (N-methyl/N-ethyl adjacent to an activating group) is 1. The third-order valence-electron chi connectivity index (χ3n) is 3.66. The second-order valence-electron chi connectivity index (χ2n) is 4.91. The Morgan fingerprint density at radius 3 is 2.95 bits per heavy atom. The van der Waals surface area contributed by atoms with Crippen LogP contribution in [0.15, 0.2) is 18.3 Å². The van der Waals surface area contributed by atoms with Crippen LogP contribution in [-0.4, -0.2) is 40.1 Å². The second-order valence-corrected chi connectivity index (χ2v) is 4.91. The standard InChI is InChI=1S/C13H20N4O2/c1-17(11-4-2-3-5-12(11)18)13(19)10-8-9(16-14)6-7-15-10/h6-8,11-12,18H,2-5,14H2,1H3,(H,15,16). The number of rotatable bonds is 3. The van der Waals surface area contributed by atoms with Gasteiger partial charge in [0.2, 0.25) is 0 Å². The molecule has 0 aromatic carbocycles. The average Bonchev–Trinajstić information content (AvgIpc) is 2.46. The molecule has 0 saturated heterocycles. The van der Waals surface area contributed by atoms with Crippen LogP contribution in [0, 0.1) is 0 Å². The lowest BCUT2D eigenvalue weighted by Gasteiger charge is -2.35. The summed E-state index contributed by atoms with van der Waals surface area (Å²) in [6.07, 6.45) is 4.73. The van der Waals surface area contributed by atoms with Gasteiger partial charge in [0.1, 0.15) is 5.69 Å². The summed E-state index contributed by atoms with van der Waals surface area (Å²) in [4.78, 5) is 18.0. The molecular weight excluding hydrogens is 244 g/mol. The number of hydrazine groups is 1. The third-order valence-corrected chi connectivity index (χ3v) is 3.66. The van der Waals surface area contributed by atoms with E-state index in [4.69, 9.17) is 5.84 Å². The first-order valence-electron chi connectivity index (χ1n) is 6.51. The van der Waals surface area contributed by atoms with E-state index in [2.05, 4.69) is 10.4 Å². The largest absolute Gasteiger partial charge is 0.391 e. The highest BCUT2D eigenvalue weighted by Gasteiger charge is 2.30. The Labute approximate surface area is 112 Å². The fourth-order valence-electron chi connectivity index (χ4n) is 2.51. The minimum Gasteiger partial charge on any atom is -0.391 e. The molecule has 2 unspecified atom stereocenters. The van der Waals surface area contributed by atoms with E-state index < -0.39 is 6.10 Å². The number of pyridine rings is 1. The van der Waals surface area contributed by atoms with Crippen LogP contribution < -0.4 is 11.3 Å². The number of amides is 1. The van der Waals surface area contributed by atoms with Crippen LogP contribution in [0.3, 0.4) is 0 Å². The normalized spacial score (nSPS) is 22.9. The topological polar surface area (TPSA) is 91.5 Å². The van der Waals surface area contributed by atoms with Crippen molar-refractivity contribution in [3.05, 3.63) is 24.0 Å². The summed E-state index contributed by atoms with van der Waals surface area (Å²) in [6, 6.07) is 3.16. The zero-order valence-electron chi connectivity index (χ0n) is 11.0. The molecular formula is C13H20N4O2. The highest BCUT2D eigenvalue weighted by molar-refractivity contribution is 5.93. The number of hydrogen-bond donors (Lipinski definition) is 3. The monoisotopic (exact) mass is 264 g/mol. The lowest BCUT2D eigenvalue weighted by molar-refractivity contribution is 0.0264.